The van der Waals surface area contributed by atoms with Crippen LogP contribution >= 0.6 is 11.8 Å². The number of nitrogens with one attached hydrogen (secondary N) is 2. The van der Waals surface area contributed by atoms with E-state index in [1.54, 1.807) is 6.20 Å². The summed E-state index contributed by atoms with van der Waals surface area (Å²) in [6.07, 6.45) is 2.94. The number of aromatic amines is 1. The SMILES string of the molecule is CCC1CN(c2nc(NN)nc3[nH]ncc23)CCS1. The van der Waals surface area contributed by atoms with Gasteiger partial charge < -0.3 is 4.90 Å². The Bertz CT molecular complexity index is 569. The lowest BCUT2D eigenvalue weighted by atomic mass is 10.2. The van der Waals surface area contributed by atoms with Gasteiger partial charge in [0.25, 0.3) is 0 Å². The Labute approximate surface area is 115 Å². The first kappa shape index (κ1) is 12.5. The van der Waals surface area contributed by atoms with Crippen molar-refractivity contribution in [1.29, 1.82) is 0 Å². The van der Waals surface area contributed by atoms with E-state index in [2.05, 4.69) is 37.4 Å². The van der Waals surface area contributed by atoms with Crippen LogP contribution < -0.4 is 16.2 Å². The summed E-state index contributed by atoms with van der Waals surface area (Å²) < 4.78 is 0. The van der Waals surface area contributed by atoms with E-state index in [-0.39, 0.29) is 0 Å². The molecule has 0 saturated carbocycles. The molecule has 0 aromatic carbocycles. The van der Waals surface area contributed by atoms with E-state index in [4.69, 9.17) is 5.84 Å². The standard InChI is InChI=1S/C11H17N7S/c1-2-7-6-18(3-4-19-7)10-8-5-13-17-9(8)14-11(15-10)16-12/h5,7H,2-4,6,12H2,1H3,(H2,13,14,15,16,17). The molecule has 1 fully saturated rings. The highest BCUT2D eigenvalue weighted by atomic mass is 32.2. The molecule has 3 rings (SSSR count). The Hall–Kier alpha value is -1.54. The number of hydrogen-bond donors (Lipinski definition) is 3. The number of nitrogen functional groups attached to an aromatic ring is 1. The smallest absolute Gasteiger partial charge is 0.241 e. The summed E-state index contributed by atoms with van der Waals surface area (Å²) in [6.45, 7) is 4.21. The van der Waals surface area contributed by atoms with Crippen LogP contribution in [0.5, 0.6) is 0 Å². The van der Waals surface area contributed by atoms with Crippen molar-refractivity contribution in [1.82, 2.24) is 20.2 Å². The van der Waals surface area contributed by atoms with Gasteiger partial charge in [0.1, 0.15) is 5.82 Å². The van der Waals surface area contributed by atoms with E-state index in [1.165, 1.54) is 6.42 Å². The van der Waals surface area contributed by atoms with Crippen LogP contribution in [0.25, 0.3) is 11.0 Å². The van der Waals surface area contributed by atoms with E-state index in [0.717, 1.165) is 30.0 Å². The fourth-order valence-corrected chi connectivity index (χ4v) is 3.46. The lowest BCUT2D eigenvalue weighted by Gasteiger charge is -2.33. The minimum absolute atomic E-state index is 0.415. The largest absolute Gasteiger partial charge is 0.354 e. The molecule has 2 aromatic heterocycles. The number of rotatable bonds is 3. The molecule has 1 atom stereocenters. The van der Waals surface area contributed by atoms with Crippen LogP contribution in [0.2, 0.25) is 0 Å². The van der Waals surface area contributed by atoms with Gasteiger partial charge in [0.15, 0.2) is 5.65 Å². The quantitative estimate of drug-likeness (QED) is 0.569. The average Bonchev–Trinajstić information content (AvgIpc) is 2.94. The molecule has 19 heavy (non-hydrogen) atoms. The molecule has 1 unspecified atom stereocenters. The van der Waals surface area contributed by atoms with Gasteiger partial charge in [-0.2, -0.15) is 26.8 Å². The van der Waals surface area contributed by atoms with Gasteiger partial charge in [0, 0.05) is 24.1 Å². The number of anilines is 2. The van der Waals surface area contributed by atoms with Crippen molar-refractivity contribution in [2.75, 3.05) is 29.2 Å². The third kappa shape index (κ3) is 2.33. The molecule has 2 aromatic rings. The fourth-order valence-electron chi connectivity index (χ4n) is 2.28. The van der Waals surface area contributed by atoms with Gasteiger partial charge in [-0.1, -0.05) is 6.92 Å². The predicted octanol–water partition coefficient (Wildman–Crippen LogP) is 0.970. The fraction of sp³-hybridized carbons (Fsp3) is 0.545. The zero-order valence-electron chi connectivity index (χ0n) is 10.8. The number of H-pyrrole nitrogens is 1. The van der Waals surface area contributed by atoms with Gasteiger partial charge >= 0.3 is 0 Å². The number of aromatic nitrogens is 4. The van der Waals surface area contributed by atoms with Gasteiger partial charge in [-0.15, -0.1) is 0 Å². The van der Waals surface area contributed by atoms with E-state index in [1.807, 2.05) is 11.8 Å². The first-order valence-corrected chi connectivity index (χ1v) is 7.41. The lowest BCUT2D eigenvalue weighted by Crippen LogP contribution is -2.38. The molecule has 0 amide bonds. The summed E-state index contributed by atoms with van der Waals surface area (Å²) in [4.78, 5) is 11.0. The molecule has 7 nitrogen and oxygen atoms in total. The molecule has 102 valence electrons. The molecule has 1 aliphatic heterocycles. The highest BCUT2D eigenvalue weighted by Gasteiger charge is 2.23. The second-order valence-corrected chi connectivity index (χ2v) is 5.90. The topological polar surface area (TPSA) is 95.8 Å². The summed E-state index contributed by atoms with van der Waals surface area (Å²) in [6, 6.07) is 0. The molecule has 0 bridgehead atoms. The monoisotopic (exact) mass is 279 g/mol. The number of nitrogens with two attached hydrogens (primary N) is 1. The van der Waals surface area contributed by atoms with Crippen molar-refractivity contribution >= 4 is 34.6 Å². The van der Waals surface area contributed by atoms with E-state index in [9.17, 15) is 0 Å². The maximum atomic E-state index is 5.43. The highest BCUT2D eigenvalue weighted by molar-refractivity contribution is 8.00. The summed E-state index contributed by atoms with van der Waals surface area (Å²) in [5, 5.41) is 8.51. The second-order valence-electron chi connectivity index (χ2n) is 4.49. The summed E-state index contributed by atoms with van der Waals surface area (Å²) >= 11 is 2.03. The molecular formula is C11H17N7S. The Morgan fingerprint density at radius 1 is 1.58 bits per heavy atom. The van der Waals surface area contributed by atoms with Crippen LogP contribution in [-0.2, 0) is 0 Å². The van der Waals surface area contributed by atoms with Gasteiger partial charge in [0.2, 0.25) is 5.95 Å². The molecule has 8 heteroatoms. The number of hydrogen-bond acceptors (Lipinski definition) is 7. The molecule has 0 spiro atoms. The average molecular weight is 279 g/mol. The maximum absolute atomic E-state index is 5.43. The zero-order valence-corrected chi connectivity index (χ0v) is 11.6. The molecule has 1 saturated heterocycles. The van der Waals surface area contributed by atoms with E-state index in [0.29, 0.717) is 16.8 Å². The first-order chi connectivity index (χ1) is 9.31. The summed E-state index contributed by atoms with van der Waals surface area (Å²) in [5.41, 5.74) is 3.22. The Kier molecular flexibility index (Phi) is 3.43. The van der Waals surface area contributed by atoms with Crippen LogP contribution in [-0.4, -0.2) is 44.3 Å². The van der Waals surface area contributed by atoms with E-state index < -0.39 is 0 Å². The van der Waals surface area contributed by atoms with Crippen molar-refractivity contribution in [3.63, 3.8) is 0 Å². The first-order valence-electron chi connectivity index (χ1n) is 6.36. The molecule has 3 heterocycles. The lowest BCUT2D eigenvalue weighted by molar-refractivity contribution is 0.722. The van der Waals surface area contributed by atoms with Crippen molar-refractivity contribution in [2.45, 2.75) is 18.6 Å². The molecular weight excluding hydrogens is 262 g/mol. The Balaban J connectivity index is 2.00. The zero-order chi connectivity index (χ0) is 13.2. The van der Waals surface area contributed by atoms with Crippen molar-refractivity contribution in [3.05, 3.63) is 6.20 Å². The van der Waals surface area contributed by atoms with Crippen LogP contribution in [0.1, 0.15) is 13.3 Å². The normalized spacial score (nSPS) is 19.9. The third-order valence-electron chi connectivity index (χ3n) is 3.31. The van der Waals surface area contributed by atoms with Crippen molar-refractivity contribution < 1.29 is 0 Å². The van der Waals surface area contributed by atoms with Crippen LogP contribution in [0, 0.1) is 0 Å². The minimum atomic E-state index is 0.415. The molecule has 1 aliphatic rings. The predicted molar refractivity (Wildman–Crippen MR) is 78.2 cm³/mol. The minimum Gasteiger partial charge on any atom is -0.354 e. The van der Waals surface area contributed by atoms with Crippen LogP contribution in [0.4, 0.5) is 11.8 Å². The highest BCUT2D eigenvalue weighted by Crippen LogP contribution is 2.29. The van der Waals surface area contributed by atoms with Crippen LogP contribution in [0.15, 0.2) is 6.20 Å². The van der Waals surface area contributed by atoms with Crippen molar-refractivity contribution in [2.24, 2.45) is 5.84 Å². The summed E-state index contributed by atoms with van der Waals surface area (Å²) in [5.74, 6) is 7.87. The molecule has 4 N–H and O–H groups in total. The second kappa shape index (κ2) is 5.22. The van der Waals surface area contributed by atoms with Gasteiger partial charge in [0.05, 0.1) is 11.6 Å². The van der Waals surface area contributed by atoms with Gasteiger partial charge in [-0.05, 0) is 6.42 Å². The third-order valence-corrected chi connectivity index (χ3v) is 4.68. The molecule has 0 aliphatic carbocycles. The van der Waals surface area contributed by atoms with Crippen molar-refractivity contribution in [3.8, 4) is 0 Å². The number of thioether (sulfide) groups is 1. The number of fused-ring (bicyclic) bond motifs is 1. The maximum Gasteiger partial charge on any atom is 0.241 e. The number of nitrogens with zero attached hydrogens (tertiary/aromatic N) is 4. The Morgan fingerprint density at radius 3 is 3.26 bits per heavy atom. The van der Waals surface area contributed by atoms with E-state index >= 15 is 0 Å². The number of hydrazine groups is 1. The summed E-state index contributed by atoms with van der Waals surface area (Å²) in [7, 11) is 0. The Morgan fingerprint density at radius 2 is 2.47 bits per heavy atom. The van der Waals surface area contributed by atoms with Crippen LogP contribution in [0.3, 0.4) is 0 Å². The van der Waals surface area contributed by atoms with Gasteiger partial charge in [-0.3, -0.25) is 10.5 Å². The molecule has 0 radical (unpaired) electrons. The van der Waals surface area contributed by atoms with Gasteiger partial charge in [-0.25, -0.2) is 5.84 Å².